The van der Waals surface area contributed by atoms with Gasteiger partial charge in [0.15, 0.2) is 5.11 Å². The van der Waals surface area contributed by atoms with Gasteiger partial charge in [-0.05, 0) is 60.6 Å². The van der Waals surface area contributed by atoms with Crippen LogP contribution in [0.5, 0.6) is 5.75 Å². The molecule has 0 bridgehead atoms. The van der Waals surface area contributed by atoms with Crippen LogP contribution in [-0.4, -0.2) is 54.6 Å². The Hall–Kier alpha value is -2.84. The van der Waals surface area contributed by atoms with Crippen molar-refractivity contribution in [2.45, 2.75) is 27.7 Å². The number of hydrogen-bond acceptors (Lipinski definition) is 5. The summed E-state index contributed by atoms with van der Waals surface area (Å²) in [5.41, 5.74) is 2.06. The van der Waals surface area contributed by atoms with E-state index in [4.69, 9.17) is 28.6 Å². The van der Waals surface area contributed by atoms with Crippen LogP contribution < -0.4 is 20.3 Å². The summed E-state index contributed by atoms with van der Waals surface area (Å²) in [5, 5.41) is 6.45. The van der Waals surface area contributed by atoms with Gasteiger partial charge in [0, 0.05) is 43.3 Å². The molecular formula is C26H33ClN4O3S. The molecule has 3 rings (SSSR count). The number of thiocarbonyl (C=S) groups is 1. The molecule has 1 aliphatic rings. The van der Waals surface area contributed by atoms with Crippen LogP contribution in [0, 0.1) is 11.8 Å². The van der Waals surface area contributed by atoms with Crippen molar-refractivity contribution in [1.82, 2.24) is 10.2 Å². The van der Waals surface area contributed by atoms with Crippen LogP contribution in [-0.2, 0) is 4.79 Å². The molecule has 0 aromatic heterocycles. The van der Waals surface area contributed by atoms with Crippen LogP contribution in [0.25, 0.3) is 0 Å². The zero-order valence-electron chi connectivity index (χ0n) is 20.6. The van der Waals surface area contributed by atoms with E-state index in [-0.39, 0.29) is 22.8 Å². The number of carbonyl (C=O) groups is 2. The molecule has 0 unspecified atom stereocenters. The number of carbonyl (C=O) groups excluding carboxylic acids is 2. The number of nitrogens with one attached hydrogen (secondary N) is 2. The normalized spacial score (nSPS) is 13.7. The third-order valence-electron chi connectivity index (χ3n) is 5.56. The summed E-state index contributed by atoms with van der Waals surface area (Å²) in [6, 6.07) is 12.5. The van der Waals surface area contributed by atoms with Gasteiger partial charge in [-0.15, -0.1) is 0 Å². The molecule has 1 heterocycles. The molecule has 0 aliphatic carbocycles. The Morgan fingerprint density at radius 2 is 1.69 bits per heavy atom. The molecule has 2 N–H and O–H groups in total. The lowest BCUT2D eigenvalue weighted by Gasteiger charge is -2.37. The van der Waals surface area contributed by atoms with Gasteiger partial charge in [-0.1, -0.05) is 39.3 Å². The predicted octanol–water partition coefficient (Wildman–Crippen LogP) is 4.81. The van der Waals surface area contributed by atoms with E-state index in [1.54, 1.807) is 30.3 Å². The topological polar surface area (TPSA) is 73.9 Å². The second-order valence-corrected chi connectivity index (χ2v) is 10.1. The van der Waals surface area contributed by atoms with Gasteiger partial charge in [0.2, 0.25) is 5.91 Å². The van der Waals surface area contributed by atoms with Crippen LogP contribution >= 0.6 is 23.8 Å². The van der Waals surface area contributed by atoms with Crippen molar-refractivity contribution in [3.05, 3.63) is 53.1 Å². The monoisotopic (exact) mass is 516 g/mol. The Kier molecular flexibility index (Phi) is 9.34. The highest BCUT2D eigenvalue weighted by Crippen LogP contribution is 2.30. The summed E-state index contributed by atoms with van der Waals surface area (Å²) in [6.45, 7) is 11.4. The minimum absolute atomic E-state index is 0.00270. The van der Waals surface area contributed by atoms with E-state index in [0.29, 0.717) is 41.9 Å². The van der Waals surface area contributed by atoms with E-state index in [1.807, 2.05) is 30.9 Å². The second kappa shape index (κ2) is 12.2. The molecule has 2 amide bonds. The average molecular weight is 517 g/mol. The molecule has 1 fully saturated rings. The predicted molar refractivity (Wildman–Crippen MR) is 146 cm³/mol. The number of piperazine rings is 1. The highest BCUT2D eigenvalue weighted by atomic mass is 35.5. The molecule has 0 saturated carbocycles. The summed E-state index contributed by atoms with van der Waals surface area (Å²) in [5.74, 6) is 1.02. The Morgan fingerprint density at radius 1 is 1.03 bits per heavy atom. The van der Waals surface area contributed by atoms with Crippen molar-refractivity contribution in [3.8, 4) is 5.75 Å². The summed E-state index contributed by atoms with van der Waals surface area (Å²) in [4.78, 5) is 28.8. The number of amides is 2. The highest BCUT2D eigenvalue weighted by molar-refractivity contribution is 7.80. The van der Waals surface area contributed by atoms with Crippen LogP contribution in [0.15, 0.2) is 42.5 Å². The van der Waals surface area contributed by atoms with E-state index < -0.39 is 0 Å². The fourth-order valence-corrected chi connectivity index (χ4v) is 4.19. The zero-order valence-corrected chi connectivity index (χ0v) is 22.2. The number of halogens is 1. The molecule has 7 nitrogen and oxygen atoms in total. The standard InChI is InChI=1S/C26H33ClN4O3S/c1-17(2)16-34-21-8-5-19(6-9-21)24(32)29-26(35)28-20-7-10-23(22(27)15-20)30-11-13-31(14-12-30)25(33)18(3)4/h5-10,15,17-18H,11-14,16H2,1-4H3,(H2,28,29,32,35). The van der Waals surface area contributed by atoms with Crippen molar-refractivity contribution in [1.29, 1.82) is 0 Å². The van der Waals surface area contributed by atoms with Crippen LogP contribution in [0.1, 0.15) is 38.1 Å². The average Bonchev–Trinajstić information content (AvgIpc) is 2.82. The lowest BCUT2D eigenvalue weighted by atomic mass is 10.1. The largest absolute Gasteiger partial charge is 0.493 e. The quantitative estimate of drug-likeness (QED) is 0.515. The first-order chi connectivity index (χ1) is 16.6. The lowest BCUT2D eigenvalue weighted by molar-refractivity contribution is -0.134. The number of ether oxygens (including phenoxy) is 1. The van der Waals surface area contributed by atoms with Gasteiger partial charge in [-0.25, -0.2) is 0 Å². The fourth-order valence-electron chi connectivity index (χ4n) is 3.68. The maximum absolute atomic E-state index is 12.5. The molecule has 1 aliphatic heterocycles. The summed E-state index contributed by atoms with van der Waals surface area (Å²) < 4.78 is 5.65. The third kappa shape index (κ3) is 7.57. The summed E-state index contributed by atoms with van der Waals surface area (Å²) in [6.07, 6.45) is 0. The fraction of sp³-hybridized carbons (Fsp3) is 0.423. The molecule has 9 heteroatoms. The molecule has 35 heavy (non-hydrogen) atoms. The Morgan fingerprint density at radius 3 is 2.26 bits per heavy atom. The van der Waals surface area contributed by atoms with Crippen molar-refractivity contribution >= 4 is 52.1 Å². The number of hydrogen-bond donors (Lipinski definition) is 2. The molecule has 0 atom stereocenters. The van der Waals surface area contributed by atoms with Crippen molar-refractivity contribution in [3.63, 3.8) is 0 Å². The molecule has 1 saturated heterocycles. The van der Waals surface area contributed by atoms with Crippen LogP contribution in [0.2, 0.25) is 5.02 Å². The van der Waals surface area contributed by atoms with Crippen molar-refractivity contribution in [2.75, 3.05) is 43.0 Å². The number of benzene rings is 2. The lowest BCUT2D eigenvalue weighted by Crippen LogP contribution is -2.50. The van der Waals surface area contributed by atoms with E-state index in [2.05, 4.69) is 29.4 Å². The minimum atomic E-state index is -0.311. The first-order valence-electron chi connectivity index (χ1n) is 11.8. The first kappa shape index (κ1) is 26.8. The van der Waals surface area contributed by atoms with E-state index in [1.165, 1.54) is 0 Å². The maximum atomic E-state index is 12.5. The Balaban J connectivity index is 1.52. The molecule has 188 valence electrons. The van der Waals surface area contributed by atoms with Gasteiger partial charge in [0.1, 0.15) is 5.75 Å². The second-order valence-electron chi connectivity index (χ2n) is 9.27. The van der Waals surface area contributed by atoms with Gasteiger partial charge in [0.25, 0.3) is 5.91 Å². The number of rotatable bonds is 7. The molecule has 0 radical (unpaired) electrons. The highest BCUT2D eigenvalue weighted by Gasteiger charge is 2.24. The van der Waals surface area contributed by atoms with Gasteiger partial charge < -0.3 is 19.9 Å². The SMILES string of the molecule is CC(C)COc1ccc(C(=O)NC(=S)Nc2ccc(N3CCN(C(=O)C(C)C)CC3)c(Cl)c2)cc1. The van der Waals surface area contributed by atoms with E-state index in [9.17, 15) is 9.59 Å². The molecule has 0 spiro atoms. The van der Waals surface area contributed by atoms with Crippen molar-refractivity contribution in [2.24, 2.45) is 11.8 Å². The Labute approximate surface area is 217 Å². The number of anilines is 2. The summed E-state index contributed by atoms with van der Waals surface area (Å²) >= 11 is 11.9. The zero-order chi connectivity index (χ0) is 25.5. The summed E-state index contributed by atoms with van der Waals surface area (Å²) in [7, 11) is 0. The van der Waals surface area contributed by atoms with Gasteiger partial charge >= 0.3 is 0 Å². The number of nitrogens with zero attached hydrogens (tertiary/aromatic N) is 2. The third-order valence-corrected chi connectivity index (χ3v) is 6.07. The van der Waals surface area contributed by atoms with Gasteiger partial charge in [0.05, 0.1) is 17.3 Å². The minimum Gasteiger partial charge on any atom is -0.493 e. The molecular weight excluding hydrogens is 484 g/mol. The van der Waals surface area contributed by atoms with E-state index >= 15 is 0 Å². The molecule has 2 aromatic carbocycles. The maximum Gasteiger partial charge on any atom is 0.257 e. The first-order valence-corrected chi connectivity index (χ1v) is 12.6. The van der Waals surface area contributed by atoms with Gasteiger partial charge in [-0.2, -0.15) is 0 Å². The van der Waals surface area contributed by atoms with E-state index in [0.717, 1.165) is 24.5 Å². The van der Waals surface area contributed by atoms with Gasteiger partial charge in [-0.3, -0.25) is 14.9 Å². The van der Waals surface area contributed by atoms with Crippen LogP contribution in [0.4, 0.5) is 11.4 Å². The van der Waals surface area contributed by atoms with Crippen molar-refractivity contribution < 1.29 is 14.3 Å². The Bertz CT molecular complexity index is 1050. The van der Waals surface area contributed by atoms with Crippen LogP contribution in [0.3, 0.4) is 0 Å². The molecule has 2 aromatic rings. The smallest absolute Gasteiger partial charge is 0.257 e.